The third-order valence-corrected chi connectivity index (χ3v) is 6.14. The van der Waals surface area contributed by atoms with E-state index in [1.165, 1.54) is 6.07 Å². The maximum atomic E-state index is 14.9. The van der Waals surface area contributed by atoms with E-state index in [4.69, 9.17) is 4.74 Å². The quantitative estimate of drug-likeness (QED) is 0.657. The van der Waals surface area contributed by atoms with Gasteiger partial charge in [-0.05, 0) is 30.4 Å². The van der Waals surface area contributed by atoms with Crippen molar-refractivity contribution in [3.8, 4) is 0 Å². The molecular formula is C27H28FNO3. The predicted octanol–water partition coefficient (Wildman–Crippen LogP) is 5.22. The minimum absolute atomic E-state index is 0.0564. The van der Waals surface area contributed by atoms with Gasteiger partial charge >= 0.3 is 5.97 Å². The molecule has 0 spiro atoms. The lowest BCUT2D eigenvalue weighted by Gasteiger charge is -2.39. The van der Waals surface area contributed by atoms with Gasteiger partial charge in [0.2, 0.25) is 0 Å². The van der Waals surface area contributed by atoms with Gasteiger partial charge in [0.05, 0.1) is 18.1 Å². The minimum atomic E-state index is -0.778. The summed E-state index contributed by atoms with van der Waals surface area (Å²) in [7, 11) is 0. The lowest BCUT2D eigenvalue weighted by molar-refractivity contribution is -0.139. The van der Waals surface area contributed by atoms with Crippen LogP contribution in [0.4, 0.5) is 4.39 Å². The average Bonchev–Trinajstić information content (AvgIpc) is 2.73. The van der Waals surface area contributed by atoms with Crippen molar-refractivity contribution in [1.82, 2.24) is 5.32 Å². The van der Waals surface area contributed by atoms with Gasteiger partial charge in [0.25, 0.3) is 0 Å². The van der Waals surface area contributed by atoms with E-state index < -0.39 is 17.7 Å². The number of benzene rings is 2. The molecule has 0 saturated carbocycles. The molecule has 32 heavy (non-hydrogen) atoms. The molecule has 166 valence electrons. The lowest BCUT2D eigenvalue weighted by Crippen LogP contribution is -2.39. The first-order valence-corrected chi connectivity index (χ1v) is 11.0. The van der Waals surface area contributed by atoms with Gasteiger partial charge in [-0.25, -0.2) is 9.18 Å². The Morgan fingerprint density at radius 3 is 2.50 bits per heavy atom. The fourth-order valence-corrected chi connectivity index (χ4v) is 4.71. The van der Waals surface area contributed by atoms with Gasteiger partial charge in [-0.2, -0.15) is 0 Å². The zero-order valence-electron chi connectivity index (χ0n) is 18.7. The molecule has 0 amide bonds. The molecule has 2 aliphatic rings. The second-order valence-electron chi connectivity index (χ2n) is 9.32. The van der Waals surface area contributed by atoms with Crippen molar-refractivity contribution in [3.05, 3.63) is 94.1 Å². The zero-order chi connectivity index (χ0) is 22.9. The number of carbonyl (C=O) groups is 2. The molecule has 0 fully saturated rings. The van der Waals surface area contributed by atoms with E-state index >= 15 is 0 Å². The second kappa shape index (κ2) is 8.73. The first kappa shape index (κ1) is 22.0. The molecule has 0 bridgehead atoms. The first-order chi connectivity index (χ1) is 15.3. The largest absolute Gasteiger partial charge is 0.462 e. The van der Waals surface area contributed by atoms with Crippen LogP contribution >= 0.6 is 0 Å². The third-order valence-electron chi connectivity index (χ3n) is 6.14. The normalized spacial score (nSPS) is 20.0. The van der Waals surface area contributed by atoms with Crippen molar-refractivity contribution in [2.75, 3.05) is 6.61 Å². The average molecular weight is 434 g/mol. The Balaban J connectivity index is 1.68. The molecular weight excluding hydrogens is 405 g/mol. The number of ketones is 1. The number of dihydropyridines is 1. The smallest absolute Gasteiger partial charge is 0.336 e. The van der Waals surface area contributed by atoms with Gasteiger partial charge in [0, 0.05) is 35.4 Å². The van der Waals surface area contributed by atoms with Crippen molar-refractivity contribution >= 4 is 11.8 Å². The predicted molar refractivity (Wildman–Crippen MR) is 121 cm³/mol. The van der Waals surface area contributed by atoms with E-state index in [1.54, 1.807) is 25.1 Å². The van der Waals surface area contributed by atoms with Crippen LogP contribution in [-0.2, 0) is 20.7 Å². The number of hydrogen-bond donors (Lipinski definition) is 1. The molecule has 1 aliphatic heterocycles. The maximum Gasteiger partial charge on any atom is 0.336 e. The van der Waals surface area contributed by atoms with Crippen LogP contribution in [0.2, 0.25) is 0 Å². The fourth-order valence-electron chi connectivity index (χ4n) is 4.71. The Bertz CT molecular complexity index is 1110. The van der Waals surface area contributed by atoms with Crippen molar-refractivity contribution < 1.29 is 18.7 Å². The van der Waals surface area contributed by atoms with Crippen LogP contribution in [0.15, 0.2) is 77.1 Å². The molecule has 5 heteroatoms. The third kappa shape index (κ3) is 4.38. The van der Waals surface area contributed by atoms with E-state index in [-0.39, 0.29) is 17.8 Å². The zero-order valence-corrected chi connectivity index (χ0v) is 18.7. The van der Waals surface area contributed by atoms with Crippen molar-refractivity contribution in [3.63, 3.8) is 0 Å². The van der Waals surface area contributed by atoms with Crippen LogP contribution in [0, 0.1) is 11.2 Å². The van der Waals surface area contributed by atoms with Gasteiger partial charge in [-0.3, -0.25) is 4.79 Å². The standard InChI is InChI=1S/C27H28FNO3/c1-17-23(26(31)32-14-13-18-9-5-4-6-10-18)24(19-11-7-8-12-20(19)28)25-21(29-17)15-27(2,3)16-22(25)30/h4-12,24,29H,13-16H2,1-3H3/t24-/m0/s1. The molecule has 2 aromatic rings. The number of allylic oxidation sites excluding steroid dienone is 3. The van der Waals surface area contributed by atoms with E-state index in [9.17, 15) is 14.0 Å². The Labute approximate surface area is 188 Å². The molecule has 1 N–H and O–H groups in total. The van der Waals surface area contributed by atoms with E-state index in [0.29, 0.717) is 41.7 Å². The number of rotatable bonds is 5. The Morgan fingerprint density at radius 2 is 1.78 bits per heavy atom. The van der Waals surface area contributed by atoms with E-state index in [0.717, 1.165) is 11.3 Å². The number of hydrogen-bond acceptors (Lipinski definition) is 4. The molecule has 0 unspecified atom stereocenters. The maximum absolute atomic E-state index is 14.9. The molecule has 1 aliphatic carbocycles. The molecule has 0 saturated heterocycles. The number of nitrogens with one attached hydrogen (secondary N) is 1. The summed E-state index contributed by atoms with van der Waals surface area (Å²) in [5, 5.41) is 3.28. The summed E-state index contributed by atoms with van der Waals surface area (Å²) in [5.41, 5.74) is 3.35. The molecule has 4 rings (SSSR count). The van der Waals surface area contributed by atoms with Gasteiger partial charge < -0.3 is 10.1 Å². The van der Waals surface area contributed by atoms with Crippen molar-refractivity contribution in [2.45, 2.75) is 46.0 Å². The SMILES string of the molecule is CC1=C(C(=O)OCCc2ccccc2)[C@H](c2ccccc2F)C2=C(CC(C)(C)CC2=O)N1. The summed E-state index contributed by atoms with van der Waals surface area (Å²) in [6, 6.07) is 16.1. The second-order valence-corrected chi connectivity index (χ2v) is 9.32. The van der Waals surface area contributed by atoms with Crippen molar-refractivity contribution in [2.24, 2.45) is 5.41 Å². The van der Waals surface area contributed by atoms with Gasteiger partial charge in [0.15, 0.2) is 5.78 Å². The van der Waals surface area contributed by atoms with E-state index in [2.05, 4.69) is 5.32 Å². The van der Waals surface area contributed by atoms with Crippen LogP contribution in [-0.4, -0.2) is 18.4 Å². The van der Waals surface area contributed by atoms with Crippen LogP contribution in [0.25, 0.3) is 0 Å². The topological polar surface area (TPSA) is 55.4 Å². The van der Waals surface area contributed by atoms with Gasteiger partial charge in [-0.15, -0.1) is 0 Å². The number of carbonyl (C=O) groups excluding carboxylic acids is 2. The lowest BCUT2D eigenvalue weighted by atomic mass is 9.68. The van der Waals surface area contributed by atoms with Crippen molar-refractivity contribution in [1.29, 1.82) is 0 Å². The number of halogens is 1. The molecule has 0 aromatic heterocycles. The molecule has 0 radical (unpaired) electrons. The Kier molecular flexibility index (Phi) is 6.00. The highest BCUT2D eigenvalue weighted by atomic mass is 19.1. The minimum Gasteiger partial charge on any atom is -0.462 e. The molecule has 4 nitrogen and oxygen atoms in total. The molecule has 1 heterocycles. The summed E-state index contributed by atoms with van der Waals surface area (Å²) < 4.78 is 20.5. The highest BCUT2D eigenvalue weighted by Crippen LogP contribution is 2.47. The van der Waals surface area contributed by atoms with Crippen LogP contribution < -0.4 is 5.32 Å². The first-order valence-electron chi connectivity index (χ1n) is 11.0. The molecule has 2 aromatic carbocycles. The van der Waals surface area contributed by atoms with Gasteiger partial charge in [-0.1, -0.05) is 62.4 Å². The number of esters is 1. The highest BCUT2D eigenvalue weighted by molar-refractivity contribution is 6.04. The Morgan fingerprint density at radius 1 is 1.09 bits per heavy atom. The summed E-state index contributed by atoms with van der Waals surface area (Å²) in [6.45, 7) is 6.08. The van der Waals surface area contributed by atoms with Crippen LogP contribution in [0.3, 0.4) is 0 Å². The van der Waals surface area contributed by atoms with Crippen LogP contribution in [0.1, 0.15) is 50.7 Å². The van der Waals surface area contributed by atoms with Crippen LogP contribution in [0.5, 0.6) is 0 Å². The molecule has 1 atom stereocenters. The van der Waals surface area contributed by atoms with E-state index in [1.807, 2.05) is 44.2 Å². The summed E-state index contributed by atoms with van der Waals surface area (Å²) in [4.78, 5) is 26.4. The summed E-state index contributed by atoms with van der Waals surface area (Å²) in [6.07, 6.45) is 1.60. The summed E-state index contributed by atoms with van der Waals surface area (Å²) in [5.74, 6) is -1.80. The Hall–Kier alpha value is -3.21. The monoisotopic (exact) mass is 433 g/mol. The highest BCUT2D eigenvalue weighted by Gasteiger charge is 2.43. The summed E-state index contributed by atoms with van der Waals surface area (Å²) >= 11 is 0. The van der Waals surface area contributed by atoms with Gasteiger partial charge in [0.1, 0.15) is 5.82 Å². The fraction of sp³-hybridized carbons (Fsp3) is 0.333. The number of ether oxygens (including phenoxy) is 1. The number of Topliss-reactive ketones (excluding diaryl/α,β-unsaturated/α-hetero) is 1.